The second-order valence-corrected chi connectivity index (χ2v) is 6.48. The smallest absolute Gasteiger partial charge is 0.168 e. The zero-order valence-corrected chi connectivity index (χ0v) is 11.6. The predicted octanol–water partition coefficient (Wildman–Crippen LogP) is 4.27. The third kappa shape index (κ3) is 1.59. The molecule has 0 bridgehead atoms. The van der Waals surface area contributed by atoms with E-state index in [9.17, 15) is 10.5 Å². The van der Waals surface area contributed by atoms with E-state index >= 15 is 0 Å². The Morgan fingerprint density at radius 1 is 1.21 bits per heavy atom. The first kappa shape index (κ1) is 12.5. The van der Waals surface area contributed by atoms with E-state index in [0.29, 0.717) is 12.3 Å². The molecule has 0 radical (unpaired) electrons. The molecule has 3 rings (SSSR count). The van der Waals surface area contributed by atoms with Gasteiger partial charge in [-0.15, -0.1) is 0 Å². The first-order valence-corrected chi connectivity index (χ1v) is 7.39. The normalized spacial score (nSPS) is 35.8. The van der Waals surface area contributed by atoms with Crippen LogP contribution in [0.15, 0.2) is 23.3 Å². The molecule has 0 aromatic carbocycles. The highest BCUT2D eigenvalue weighted by Crippen LogP contribution is 2.58. The van der Waals surface area contributed by atoms with Gasteiger partial charge >= 0.3 is 0 Å². The van der Waals surface area contributed by atoms with E-state index < -0.39 is 5.41 Å². The monoisotopic (exact) mass is 252 g/mol. The van der Waals surface area contributed by atoms with Gasteiger partial charge in [0.2, 0.25) is 0 Å². The Kier molecular flexibility index (Phi) is 2.79. The summed E-state index contributed by atoms with van der Waals surface area (Å²) < 4.78 is 0. The average Bonchev–Trinajstić information content (AvgIpc) is 2.90. The van der Waals surface area contributed by atoms with E-state index in [-0.39, 0.29) is 5.41 Å². The largest absolute Gasteiger partial charge is 0.196 e. The van der Waals surface area contributed by atoms with Crippen LogP contribution in [0.1, 0.15) is 51.9 Å². The van der Waals surface area contributed by atoms with Gasteiger partial charge in [0.1, 0.15) is 0 Å². The Morgan fingerprint density at radius 3 is 2.74 bits per heavy atom. The lowest BCUT2D eigenvalue weighted by atomic mass is 9.61. The Hall–Kier alpha value is -1.54. The molecule has 0 aliphatic heterocycles. The molecule has 1 fully saturated rings. The quantitative estimate of drug-likeness (QED) is 0.604. The number of hydrogen-bond acceptors (Lipinski definition) is 2. The molecule has 1 unspecified atom stereocenters. The highest BCUT2D eigenvalue weighted by Gasteiger charge is 2.50. The Balaban J connectivity index is 2.14. The van der Waals surface area contributed by atoms with Crippen molar-refractivity contribution in [3.05, 3.63) is 23.3 Å². The van der Waals surface area contributed by atoms with Crippen molar-refractivity contribution < 1.29 is 0 Å². The van der Waals surface area contributed by atoms with Gasteiger partial charge in [0.25, 0.3) is 0 Å². The standard InChI is InChI=1S/C17H20N2/c1-16-9-3-2-5-13(16)8-10-17(11-18,12-19)15-7-4-6-14(15)16/h7-8,14H,2-6,9-10H2,1H3/t14-,16?/m0/s1. The van der Waals surface area contributed by atoms with Gasteiger partial charge in [-0.25, -0.2) is 0 Å². The molecular formula is C17H20N2. The highest BCUT2D eigenvalue weighted by atomic mass is 14.5. The molecule has 0 aromatic heterocycles. The van der Waals surface area contributed by atoms with Crippen molar-refractivity contribution in [2.45, 2.75) is 51.9 Å². The highest BCUT2D eigenvalue weighted by molar-refractivity contribution is 5.43. The molecular weight excluding hydrogens is 232 g/mol. The summed E-state index contributed by atoms with van der Waals surface area (Å²) in [7, 11) is 0. The molecule has 0 saturated heterocycles. The van der Waals surface area contributed by atoms with Crippen LogP contribution in [0.2, 0.25) is 0 Å². The molecule has 3 aliphatic rings. The maximum Gasteiger partial charge on any atom is 0.168 e. The fraction of sp³-hybridized carbons (Fsp3) is 0.647. The van der Waals surface area contributed by atoms with Gasteiger partial charge in [-0.1, -0.05) is 31.1 Å². The van der Waals surface area contributed by atoms with Gasteiger partial charge in [-0.3, -0.25) is 0 Å². The number of hydrogen-bond donors (Lipinski definition) is 0. The van der Waals surface area contributed by atoms with Gasteiger partial charge < -0.3 is 0 Å². The van der Waals surface area contributed by atoms with Gasteiger partial charge in [0, 0.05) is 6.42 Å². The van der Waals surface area contributed by atoms with Gasteiger partial charge in [-0.05, 0) is 49.0 Å². The molecule has 98 valence electrons. The van der Waals surface area contributed by atoms with Crippen LogP contribution in [0.5, 0.6) is 0 Å². The summed E-state index contributed by atoms with van der Waals surface area (Å²) in [5.41, 5.74) is 1.96. The first-order chi connectivity index (χ1) is 9.16. The lowest BCUT2D eigenvalue weighted by molar-refractivity contribution is 0.207. The maximum absolute atomic E-state index is 9.59. The molecule has 0 heterocycles. The third-order valence-electron chi connectivity index (χ3n) is 5.62. The summed E-state index contributed by atoms with van der Waals surface area (Å²) >= 11 is 0. The molecule has 19 heavy (non-hydrogen) atoms. The summed E-state index contributed by atoms with van der Waals surface area (Å²) in [4.78, 5) is 0. The lowest BCUT2D eigenvalue weighted by Crippen LogP contribution is -2.34. The predicted molar refractivity (Wildman–Crippen MR) is 73.7 cm³/mol. The first-order valence-electron chi connectivity index (χ1n) is 7.39. The molecule has 1 saturated carbocycles. The number of fused-ring (bicyclic) bond motifs is 3. The lowest BCUT2D eigenvalue weighted by Gasteiger charge is -2.42. The van der Waals surface area contributed by atoms with E-state index in [0.717, 1.165) is 24.8 Å². The maximum atomic E-state index is 9.59. The van der Waals surface area contributed by atoms with Crippen LogP contribution >= 0.6 is 0 Å². The van der Waals surface area contributed by atoms with E-state index in [1.165, 1.54) is 24.8 Å². The van der Waals surface area contributed by atoms with Crippen LogP contribution in [-0.2, 0) is 0 Å². The van der Waals surface area contributed by atoms with Crippen LogP contribution in [-0.4, -0.2) is 0 Å². The molecule has 0 amide bonds. The van der Waals surface area contributed by atoms with E-state index in [2.05, 4.69) is 31.2 Å². The van der Waals surface area contributed by atoms with Crippen LogP contribution in [0.4, 0.5) is 0 Å². The number of rotatable bonds is 0. The van der Waals surface area contributed by atoms with E-state index in [1.54, 1.807) is 0 Å². The third-order valence-corrected chi connectivity index (χ3v) is 5.62. The Morgan fingerprint density at radius 2 is 2.00 bits per heavy atom. The molecule has 2 nitrogen and oxygen atoms in total. The van der Waals surface area contributed by atoms with E-state index in [4.69, 9.17) is 0 Å². The van der Waals surface area contributed by atoms with Crippen molar-refractivity contribution in [3.63, 3.8) is 0 Å². The van der Waals surface area contributed by atoms with E-state index in [1.807, 2.05) is 0 Å². The second-order valence-electron chi connectivity index (χ2n) is 6.48. The molecule has 2 atom stereocenters. The van der Waals surface area contributed by atoms with Crippen molar-refractivity contribution in [3.8, 4) is 12.1 Å². The SMILES string of the molecule is CC12CCCCC1=CCC(C#N)(C#N)C1=CCC[C@@H]12. The second kappa shape index (κ2) is 4.24. The van der Waals surface area contributed by atoms with Crippen LogP contribution in [0.25, 0.3) is 0 Å². The van der Waals surface area contributed by atoms with Crippen LogP contribution in [0, 0.1) is 39.4 Å². The van der Waals surface area contributed by atoms with Crippen LogP contribution in [0.3, 0.4) is 0 Å². The fourth-order valence-corrected chi connectivity index (χ4v) is 4.46. The van der Waals surface area contributed by atoms with Crippen molar-refractivity contribution >= 4 is 0 Å². The molecule has 0 aromatic rings. The number of allylic oxidation sites excluding steroid dienone is 4. The molecule has 0 N–H and O–H groups in total. The Bertz CT molecular complexity index is 527. The summed E-state index contributed by atoms with van der Waals surface area (Å²) in [6.07, 6.45) is 12.1. The Labute approximate surface area is 115 Å². The van der Waals surface area contributed by atoms with Crippen molar-refractivity contribution in [1.29, 1.82) is 10.5 Å². The summed E-state index contributed by atoms with van der Waals surface area (Å²) in [5, 5.41) is 19.2. The van der Waals surface area contributed by atoms with Crippen molar-refractivity contribution in [1.82, 2.24) is 0 Å². The topological polar surface area (TPSA) is 47.6 Å². The summed E-state index contributed by atoms with van der Waals surface area (Å²) in [6.45, 7) is 2.37. The van der Waals surface area contributed by atoms with Gasteiger partial charge in [0.05, 0.1) is 12.1 Å². The minimum Gasteiger partial charge on any atom is -0.196 e. The number of nitrogens with zero attached hydrogens (tertiary/aromatic N) is 2. The number of nitriles is 2. The molecule has 0 spiro atoms. The minimum atomic E-state index is -0.894. The molecule has 2 heteroatoms. The van der Waals surface area contributed by atoms with Gasteiger partial charge in [0.15, 0.2) is 5.41 Å². The minimum absolute atomic E-state index is 0.204. The zero-order valence-electron chi connectivity index (χ0n) is 11.6. The average molecular weight is 252 g/mol. The molecule has 3 aliphatic carbocycles. The zero-order chi connectivity index (χ0) is 13.5. The fourth-order valence-electron chi connectivity index (χ4n) is 4.46. The summed E-state index contributed by atoms with van der Waals surface area (Å²) in [6, 6.07) is 4.66. The van der Waals surface area contributed by atoms with Crippen molar-refractivity contribution in [2.75, 3.05) is 0 Å². The summed E-state index contributed by atoms with van der Waals surface area (Å²) in [5.74, 6) is 0.417. The van der Waals surface area contributed by atoms with Gasteiger partial charge in [-0.2, -0.15) is 10.5 Å². The van der Waals surface area contributed by atoms with Crippen molar-refractivity contribution in [2.24, 2.45) is 16.7 Å². The van der Waals surface area contributed by atoms with Crippen LogP contribution < -0.4 is 0 Å².